The van der Waals surface area contributed by atoms with Crippen molar-refractivity contribution in [2.24, 2.45) is 0 Å². The van der Waals surface area contributed by atoms with E-state index in [1.54, 1.807) is 6.26 Å². The smallest absolute Gasteiger partial charge is 0.464 e. The van der Waals surface area contributed by atoms with Crippen molar-refractivity contribution in [2.75, 3.05) is 0 Å². The maximum atomic E-state index is 8.53. The third kappa shape index (κ3) is 1.79. The largest absolute Gasteiger partial charge is 0.634 e. The Balaban J connectivity index is 2.25. The summed E-state index contributed by atoms with van der Waals surface area (Å²) in [5.41, 5.74) is 1.56. The highest BCUT2D eigenvalue weighted by Gasteiger charge is 2.11. The van der Waals surface area contributed by atoms with Gasteiger partial charge in [-0.15, -0.1) is 0 Å². The second-order valence-electron chi connectivity index (χ2n) is 2.89. The number of fused-ring (bicyclic) bond motifs is 1. The van der Waals surface area contributed by atoms with Crippen LogP contribution < -0.4 is 0 Å². The van der Waals surface area contributed by atoms with Gasteiger partial charge in [0.25, 0.3) is 0 Å². The first-order valence-corrected chi connectivity index (χ1v) is 4.20. The maximum Gasteiger partial charge on any atom is 0.634 e. The fraction of sp³-hybridized carbons (Fsp3) is 0.111. The second kappa shape index (κ2) is 3.83. The molecule has 0 fully saturated rings. The van der Waals surface area contributed by atoms with E-state index in [0.717, 1.165) is 16.5 Å². The number of hydrogen-bond acceptors (Lipinski definition) is 4. The molecular weight excluding hydrogens is 183 g/mol. The van der Waals surface area contributed by atoms with Crippen LogP contribution in [0.2, 0.25) is 0 Å². The van der Waals surface area contributed by atoms with Crippen molar-refractivity contribution >= 4 is 18.3 Å². The van der Waals surface area contributed by atoms with Gasteiger partial charge in [-0.2, -0.15) is 0 Å². The van der Waals surface area contributed by atoms with Crippen LogP contribution in [0.15, 0.2) is 34.9 Å². The molecule has 2 N–H and O–H groups in total. The third-order valence-corrected chi connectivity index (χ3v) is 1.95. The van der Waals surface area contributed by atoms with E-state index < -0.39 is 7.32 Å². The normalized spacial score (nSPS) is 10.7. The molecule has 14 heavy (non-hydrogen) atoms. The molecule has 0 unspecified atom stereocenters. The molecule has 0 saturated carbocycles. The van der Waals surface area contributed by atoms with E-state index in [9.17, 15) is 0 Å². The Morgan fingerprint density at radius 1 is 1.29 bits per heavy atom. The lowest BCUT2D eigenvalue weighted by atomic mass is 10.2. The molecule has 0 bridgehead atoms. The van der Waals surface area contributed by atoms with Crippen LogP contribution in [0.1, 0.15) is 5.56 Å². The van der Waals surface area contributed by atoms with Gasteiger partial charge in [-0.25, -0.2) is 0 Å². The first-order chi connectivity index (χ1) is 6.77. The molecule has 0 atom stereocenters. The van der Waals surface area contributed by atoms with Gasteiger partial charge in [0, 0.05) is 10.9 Å². The number of benzene rings is 1. The zero-order valence-corrected chi connectivity index (χ0v) is 7.38. The molecule has 1 aromatic carbocycles. The van der Waals surface area contributed by atoms with Crippen LogP contribution in [-0.4, -0.2) is 17.4 Å². The highest BCUT2D eigenvalue weighted by molar-refractivity contribution is 6.32. The Labute approximate surface area is 80.9 Å². The number of hydrogen-bond donors (Lipinski definition) is 2. The fourth-order valence-electron chi connectivity index (χ4n) is 1.31. The van der Waals surface area contributed by atoms with Crippen molar-refractivity contribution in [2.45, 2.75) is 6.61 Å². The van der Waals surface area contributed by atoms with Crippen LogP contribution >= 0.6 is 0 Å². The zero-order chi connectivity index (χ0) is 9.97. The molecule has 0 saturated heterocycles. The standard InChI is InChI=1S/C9H9BO4/c11-10(12)14-6-7-5-13-9-4-2-1-3-8(7)9/h1-5,11-12H,6H2. The van der Waals surface area contributed by atoms with Crippen molar-refractivity contribution in [3.8, 4) is 0 Å². The first-order valence-electron chi connectivity index (χ1n) is 4.20. The summed E-state index contributed by atoms with van der Waals surface area (Å²) < 4.78 is 9.88. The summed E-state index contributed by atoms with van der Waals surface area (Å²) >= 11 is 0. The number of para-hydroxylation sites is 1. The average Bonchev–Trinajstić information content (AvgIpc) is 2.58. The predicted octanol–water partition coefficient (Wildman–Crippen LogP) is 0.919. The van der Waals surface area contributed by atoms with Crippen molar-refractivity contribution in [3.63, 3.8) is 0 Å². The topological polar surface area (TPSA) is 62.8 Å². The monoisotopic (exact) mass is 192 g/mol. The Kier molecular flexibility index (Phi) is 2.54. The lowest BCUT2D eigenvalue weighted by Crippen LogP contribution is -2.16. The molecule has 0 amide bonds. The average molecular weight is 192 g/mol. The fourth-order valence-corrected chi connectivity index (χ4v) is 1.31. The van der Waals surface area contributed by atoms with Crippen molar-refractivity contribution in [1.82, 2.24) is 0 Å². The molecule has 1 aromatic heterocycles. The lowest BCUT2D eigenvalue weighted by Gasteiger charge is -1.99. The molecule has 0 spiro atoms. The Hall–Kier alpha value is -1.30. The quantitative estimate of drug-likeness (QED) is 0.709. The van der Waals surface area contributed by atoms with E-state index in [0.29, 0.717) is 0 Å². The SMILES string of the molecule is OB(O)OCc1coc2ccccc12. The molecule has 0 aliphatic rings. The summed E-state index contributed by atoms with van der Waals surface area (Å²) in [5, 5.41) is 18.0. The van der Waals surface area contributed by atoms with Crippen LogP contribution in [0.4, 0.5) is 0 Å². The van der Waals surface area contributed by atoms with Gasteiger partial charge < -0.3 is 19.1 Å². The Bertz CT molecular complexity index is 423. The number of rotatable bonds is 3. The van der Waals surface area contributed by atoms with Crippen molar-refractivity contribution in [3.05, 3.63) is 36.1 Å². The molecule has 4 nitrogen and oxygen atoms in total. The van der Waals surface area contributed by atoms with E-state index in [4.69, 9.17) is 14.5 Å². The van der Waals surface area contributed by atoms with E-state index >= 15 is 0 Å². The minimum Gasteiger partial charge on any atom is -0.464 e. The van der Waals surface area contributed by atoms with Crippen LogP contribution in [0.3, 0.4) is 0 Å². The summed E-state index contributed by atoms with van der Waals surface area (Å²) in [4.78, 5) is 0. The lowest BCUT2D eigenvalue weighted by molar-refractivity contribution is 0.177. The van der Waals surface area contributed by atoms with Gasteiger partial charge >= 0.3 is 7.32 Å². The summed E-state index contributed by atoms with van der Waals surface area (Å²) in [6.07, 6.45) is 1.55. The van der Waals surface area contributed by atoms with Gasteiger partial charge in [-0.3, -0.25) is 0 Å². The van der Waals surface area contributed by atoms with Crippen molar-refractivity contribution < 1.29 is 19.1 Å². The molecule has 2 aromatic rings. The first kappa shape index (κ1) is 9.27. The highest BCUT2D eigenvalue weighted by atomic mass is 16.6. The van der Waals surface area contributed by atoms with Crippen LogP contribution in [0.5, 0.6) is 0 Å². The minimum absolute atomic E-state index is 0.120. The predicted molar refractivity (Wildman–Crippen MR) is 51.2 cm³/mol. The number of furan rings is 1. The summed E-state index contributed by atoms with van der Waals surface area (Å²) in [6, 6.07) is 7.49. The summed E-state index contributed by atoms with van der Waals surface area (Å²) in [6.45, 7) is 0.120. The van der Waals surface area contributed by atoms with E-state index in [-0.39, 0.29) is 6.61 Å². The molecule has 2 rings (SSSR count). The molecular formula is C9H9BO4. The molecule has 0 radical (unpaired) electrons. The summed E-state index contributed by atoms with van der Waals surface area (Å²) in [5.74, 6) is 0. The van der Waals surface area contributed by atoms with Gasteiger partial charge in [-0.1, -0.05) is 18.2 Å². The van der Waals surface area contributed by atoms with Gasteiger partial charge in [0.05, 0.1) is 12.9 Å². The highest BCUT2D eigenvalue weighted by Crippen LogP contribution is 2.21. The van der Waals surface area contributed by atoms with Gasteiger partial charge in [0.15, 0.2) is 0 Å². The van der Waals surface area contributed by atoms with Crippen molar-refractivity contribution in [1.29, 1.82) is 0 Å². The summed E-state index contributed by atoms with van der Waals surface area (Å²) in [7, 11) is -1.75. The van der Waals surface area contributed by atoms with Gasteiger partial charge in [-0.05, 0) is 6.07 Å². The molecule has 72 valence electrons. The Morgan fingerprint density at radius 3 is 2.86 bits per heavy atom. The molecule has 5 heteroatoms. The maximum absolute atomic E-state index is 8.53. The molecule has 1 heterocycles. The minimum atomic E-state index is -1.75. The van der Waals surface area contributed by atoms with Gasteiger partial charge in [0.1, 0.15) is 5.58 Å². The van der Waals surface area contributed by atoms with E-state index in [2.05, 4.69) is 4.65 Å². The van der Waals surface area contributed by atoms with Gasteiger partial charge in [0.2, 0.25) is 0 Å². The zero-order valence-electron chi connectivity index (χ0n) is 7.38. The Morgan fingerprint density at radius 2 is 2.07 bits per heavy atom. The van der Waals surface area contributed by atoms with Crippen LogP contribution in [-0.2, 0) is 11.3 Å². The van der Waals surface area contributed by atoms with E-state index in [1.807, 2.05) is 24.3 Å². The van der Waals surface area contributed by atoms with E-state index in [1.165, 1.54) is 0 Å². The van der Waals surface area contributed by atoms with Crippen LogP contribution in [0, 0.1) is 0 Å². The molecule has 0 aliphatic carbocycles. The van der Waals surface area contributed by atoms with Crippen LogP contribution in [0.25, 0.3) is 11.0 Å². The second-order valence-corrected chi connectivity index (χ2v) is 2.89. The third-order valence-electron chi connectivity index (χ3n) is 1.95. The molecule has 0 aliphatic heterocycles.